The van der Waals surface area contributed by atoms with E-state index in [9.17, 15) is 4.79 Å². The van der Waals surface area contributed by atoms with E-state index in [0.717, 1.165) is 5.56 Å². The summed E-state index contributed by atoms with van der Waals surface area (Å²) < 4.78 is 0. The number of hydrogen-bond donors (Lipinski definition) is 2. The molecule has 1 heterocycles. The molecule has 1 aliphatic rings. The van der Waals surface area contributed by atoms with Crippen LogP contribution >= 0.6 is 23.2 Å². The summed E-state index contributed by atoms with van der Waals surface area (Å²) in [7, 11) is 0. The standard InChI is InChI=1S/C22H19Cl2N3O.2C2H6/c1-15-10-11-17(27-20(28)14-16-6-3-2-4-7-16)12-13-25-22(26-15)21-18(23)8-5-9-19(21)24;2*1-2/h2-12H,1,13-14H2,(H,25,26)(H,27,28);2*1-2H3/b11-10-,17-12+;;. The fraction of sp³-hybridized carbons (Fsp3) is 0.231. The summed E-state index contributed by atoms with van der Waals surface area (Å²) in [5.41, 5.74) is 2.82. The average molecular weight is 472 g/mol. The van der Waals surface area contributed by atoms with Gasteiger partial charge in [0.1, 0.15) is 5.84 Å². The lowest BCUT2D eigenvalue weighted by Gasteiger charge is -2.12. The van der Waals surface area contributed by atoms with Gasteiger partial charge in [0, 0.05) is 11.4 Å². The number of benzene rings is 2. The molecular weight excluding hydrogens is 441 g/mol. The predicted molar refractivity (Wildman–Crippen MR) is 138 cm³/mol. The zero-order valence-corrected chi connectivity index (χ0v) is 20.6. The van der Waals surface area contributed by atoms with Crippen LogP contribution in [0.2, 0.25) is 10.0 Å². The van der Waals surface area contributed by atoms with Crippen molar-refractivity contribution >= 4 is 34.9 Å². The molecule has 1 aliphatic heterocycles. The molecule has 0 saturated heterocycles. The fourth-order valence-electron chi connectivity index (χ4n) is 2.67. The molecule has 3 rings (SSSR count). The molecule has 0 spiro atoms. The van der Waals surface area contributed by atoms with Crippen molar-refractivity contribution in [2.45, 2.75) is 34.1 Å². The highest BCUT2D eigenvalue weighted by molar-refractivity contribution is 6.40. The monoisotopic (exact) mass is 471 g/mol. The minimum atomic E-state index is -0.0988. The Hall–Kier alpha value is -2.82. The maximum absolute atomic E-state index is 12.3. The first-order valence-corrected chi connectivity index (χ1v) is 11.5. The van der Waals surface area contributed by atoms with Crippen LogP contribution in [0.4, 0.5) is 0 Å². The number of amides is 1. The Morgan fingerprint density at radius 1 is 1.00 bits per heavy atom. The quantitative estimate of drug-likeness (QED) is 0.520. The number of nitrogens with one attached hydrogen (secondary N) is 2. The maximum Gasteiger partial charge on any atom is 0.228 e. The molecule has 32 heavy (non-hydrogen) atoms. The van der Waals surface area contributed by atoms with Gasteiger partial charge in [0.2, 0.25) is 5.91 Å². The molecule has 0 atom stereocenters. The van der Waals surface area contributed by atoms with E-state index < -0.39 is 0 Å². The van der Waals surface area contributed by atoms with Crippen LogP contribution in [0.3, 0.4) is 0 Å². The topological polar surface area (TPSA) is 53.5 Å². The third-order valence-electron chi connectivity index (χ3n) is 3.99. The lowest BCUT2D eigenvalue weighted by molar-refractivity contribution is -0.119. The summed E-state index contributed by atoms with van der Waals surface area (Å²) in [5.74, 6) is 0.427. The van der Waals surface area contributed by atoms with Gasteiger partial charge in [0.15, 0.2) is 0 Å². The molecular formula is C26H31Cl2N3O. The fourth-order valence-corrected chi connectivity index (χ4v) is 3.25. The molecule has 2 N–H and O–H groups in total. The molecule has 4 nitrogen and oxygen atoms in total. The second kappa shape index (κ2) is 15.1. The van der Waals surface area contributed by atoms with Crippen molar-refractivity contribution < 1.29 is 4.79 Å². The second-order valence-corrected chi connectivity index (χ2v) is 6.95. The van der Waals surface area contributed by atoms with E-state index in [4.69, 9.17) is 23.2 Å². The van der Waals surface area contributed by atoms with E-state index in [1.807, 2.05) is 64.1 Å². The molecule has 0 saturated carbocycles. The van der Waals surface area contributed by atoms with Crippen molar-refractivity contribution in [3.63, 3.8) is 0 Å². The van der Waals surface area contributed by atoms with Gasteiger partial charge in [-0.15, -0.1) is 0 Å². The van der Waals surface area contributed by atoms with E-state index in [0.29, 0.717) is 45.8 Å². The summed E-state index contributed by atoms with van der Waals surface area (Å²) in [6.45, 7) is 12.3. The molecule has 0 bridgehead atoms. The molecule has 0 aliphatic carbocycles. The molecule has 170 valence electrons. The number of allylic oxidation sites excluding steroid dienone is 2. The van der Waals surface area contributed by atoms with E-state index in [1.54, 1.807) is 30.4 Å². The third kappa shape index (κ3) is 8.74. The molecule has 0 radical (unpaired) electrons. The second-order valence-electron chi connectivity index (χ2n) is 6.14. The van der Waals surface area contributed by atoms with E-state index >= 15 is 0 Å². The Bertz CT molecular complexity index is 960. The highest BCUT2D eigenvalue weighted by atomic mass is 35.5. The smallest absolute Gasteiger partial charge is 0.228 e. The van der Waals surface area contributed by atoms with Crippen LogP contribution in [0.1, 0.15) is 38.8 Å². The number of halogens is 2. The van der Waals surface area contributed by atoms with Crippen molar-refractivity contribution in [3.05, 3.63) is 106 Å². The Balaban J connectivity index is 0.00000121. The van der Waals surface area contributed by atoms with Gasteiger partial charge in [0.25, 0.3) is 0 Å². The molecule has 0 aromatic heterocycles. The van der Waals surface area contributed by atoms with Gasteiger partial charge in [-0.05, 0) is 35.9 Å². The van der Waals surface area contributed by atoms with Crippen LogP contribution in [0.5, 0.6) is 0 Å². The van der Waals surface area contributed by atoms with Crippen molar-refractivity contribution in [1.29, 1.82) is 0 Å². The Morgan fingerprint density at radius 2 is 1.62 bits per heavy atom. The first kappa shape index (κ1) is 27.2. The molecule has 2 aromatic carbocycles. The normalized spacial score (nSPS) is 15.4. The van der Waals surface area contributed by atoms with E-state index in [2.05, 4.69) is 22.2 Å². The average Bonchev–Trinajstić information content (AvgIpc) is 2.88. The highest BCUT2D eigenvalue weighted by Crippen LogP contribution is 2.25. The summed E-state index contributed by atoms with van der Waals surface area (Å²) >= 11 is 12.6. The van der Waals surface area contributed by atoms with Crippen LogP contribution in [-0.4, -0.2) is 18.3 Å². The minimum absolute atomic E-state index is 0.0988. The lowest BCUT2D eigenvalue weighted by Crippen LogP contribution is -2.24. The van der Waals surface area contributed by atoms with Gasteiger partial charge in [0.05, 0.1) is 28.6 Å². The molecule has 0 fully saturated rings. The zero-order valence-electron chi connectivity index (χ0n) is 19.1. The minimum Gasteiger partial charge on any atom is -0.340 e. The number of carbonyl (C=O) groups is 1. The van der Waals surface area contributed by atoms with Crippen molar-refractivity contribution in [2.24, 2.45) is 4.99 Å². The zero-order chi connectivity index (χ0) is 23.9. The summed E-state index contributed by atoms with van der Waals surface area (Å²) in [6, 6.07) is 14.9. The Morgan fingerprint density at radius 3 is 2.25 bits per heavy atom. The molecule has 0 unspecified atom stereocenters. The van der Waals surface area contributed by atoms with Gasteiger partial charge in [-0.2, -0.15) is 0 Å². The van der Waals surface area contributed by atoms with Crippen LogP contribution in [0.25, 0.3) is 0 Å². The summed E-state index contributed by atoms with van der Waals surface area (Å²) in [6.07, 6.45) is 5.67. The SMILES string of the molecule is C=C1/C=C\C(NC(=O)Cc2ccccc2)=C/CN=C(c2c(Cl)cccc2Cl)N1.CC.CC. The maximum atomic E-state index is 12.3. The summed E-state index contributed by atoms with van der Waals surface area (Å²) in [5, 5.41) is 7.02. The van der Waals surface area contributed by atoms with Gasteiger partial charge in [-0.25, -0.2) is 0 Å². The number of amidine groups is 1. The third-order valence-corrected chi connectivity index (χ3v) is 4.62. The number of rotatable bonds is 4. The highest BCUT2D eigenvalue weighted by Gasteiger charge is 2.13. The van der Waals surface area contributed by atoms with Gasteiger partial charge >= 0.3 is 0 Å². The van der Waals surface area contributed by atoms with Crippen LogP contribution in [-0.2, 0) is 11.2 Å². The predicted octanol–water partition coefficient (Wildman–Crippen LogP) is 6.71. The lowest BCUT2D eigenvalue weighted by atomic mass is 10.1. The number of carbonyl (C=O) groups excluding carboxylic acids is 1. The largest absolute Gasteiger partial charge is 0.340 e. The van der Waals surface area contributed by atoms with E-state index in [1.165, 1.54) is 0 Å². The van der Waals surface area contributed by atoms with Crippen molar-refractivity contribution in [2.75, 3.05) is 6.54 Å². The van der Waals surface area contributed by atoms with Crippen LogP contribution < -0.4 is 10.6 Å². The van der Waals surface area contributed by atoms with Crippen LogP contribution in [0, 0.1) is 0 Å². The molecule has 1 amide bonds. The Labute approximate surface area is 201 Å². The number of nitrogens with zero attached hydrogens (tertiary/aromatic N) is 1. The Kier molecular flexibility index (Phi) is 12.8. The van der Waals surface area contributed by atoms with Gasteiger partial charge in [-0.3, -0.25) is 9.79 Å². The molecule has 6 heteroatoms. The van der Waals surface area contributed by atoms with Crippen molar-refractivity contribution in [3.8, 4) is 0 Å². The van der Waals surface area contributed by atoms with E-state index in [-0.39, 0.29) is 5.91 Å². The molecule has 2 aromatic rings. The van der Waals surface area contributed by atoms with Crippen LogP contribution in [0.15, 0.2) is 89.7 Å². The summed E-state index contributed by atoms with van der Waals surface area (Å²) in [4.78, 5) is 16.9. The van der Waals surface area contributed by atoms with Gasteiger partial charge in [-0.1, -0.05) is 93.9 Å². The van der Waals surface area contributed by atoms with Gasteiger partial charge < -0.3 is 10.6 Å². The first-order chi connectivity index (χ1) is 15.5. The number of hydrogen-bond acceptors (Lipinski definition) is 3. The van der Waals surface area contributed by atoms with Crippen molar-refractivity contribution in [1.82, 2.24) is 10.6 Å². The first-order valence-electron chi connectivity index (χ1n) is 10.7. The number of aliphatic imine (C=N–C) groups is 1.